The second kappa shape index (κ2) is 6.61. The van der Waals surface area contributed by atoms with Crippen molar-refractivity contribution in [2.45, 2.75) is 31.7 Å². The van der Waals surface area contributed by atoms with Crippen molar-refractivity contribution in [1.29, 1.82) is 0 Å². The molecule has 0 fully saturated rings. The fourth-order valence-corrected chi connectivity index (χ4v) is 2.31. The van der Waals surface area contributed by atoms with Crippen LogP contribution in [0.1, 0.15) is 20.8 Å². The standard InChI is InChI=1S/C14H19NO3S/c1-10(12(16)17)15-13(18)14(2,3)9-19-11-7-5-4-6-8-11/h4-8,10H,9H2,1-3H3,(H,15,18)(H,16,17). The summed E-state index contributed by atoms with van der Waals surface area (Å²) in [6, 6.07) is 8.94. The summed E-state index contributed by atoms with van der Waals surface area (Å²) >= 11 is 1.58. The van der Waals surface area contributed by atoms with E-state index in [1.54, 1.807) is 11.8 Å². The van der Waals surface area contributed by atoms with Crippen LogP contribution in [0.3, 0.4) is 0 Å². The third kappa shape index (κ3) is 4.95. The zero-order valence-electron chi connectivity index (χ0n) is 11.3. The fraction of sp³-hybridized carbons (Fsp3) is 0.429. The summed E-state index contributed by atoms with van der Waals surface area (Å²) in [7, 11) is 0. The summed E-state index contributed by atoms with van der Waals surface area (Å²) in [5.41, 5.74) is -0.621. The second-order valence-electron chi connectivity index (χ2n) is 5.02. The highest BCUT2D eigenvalue weighted by Gasteiger charge is 2.29. The molecular weight excluding hydrogens is 262 g/mol. The molecule has 4 nitrogen and oxygen atoms in total. The van der Waals surface area contributed by atoms with Gasteiger partial charge < -0.3 is 10.4 Å². The number of carbonyl (C=O) groups excluding carboxylic acids is 1. The molecule has 0 spiro atoms. The molecule has 0 aliphatic rings. The molecule has 2 N–H and O–H groups in total. The lowest BCUT2D eigenvalue weighted by molar-refractivity contribution is -0.142. The molecule has 1 atom stereocenters. The first-order valence-electron chi connectivity index (χ1n) is 6.04. The Hall–Kier alpha value is -1.49. The lowest BCUT2D eigenvalue weighted by atomic mass is 9.95. The first kappa shape index (κ1) is 15.6. The van der Waals surface area contributed by atoms with Gasteiger partial charge in [0.25, 0.3) is 0 Å². The van der Waals surface area contributed by atoms with Crippen LogP contribution in [0.2, 0.25) is 0 Å². The highest BCUT2D eigenvalue weighted by atomic mass is 32.2. The highest BCUT2D eigenvalue weighted by Crippen LogP contribution is 2.27. The minimum atomic E-state index is -1.03. The number of amides is 1. The Morgan fingerprint density at radius 1 is 1.32 bits per heavy atom. The molecule has 1 amide bonds. The number of aliphatic carboxylic acids is 1. The Labute approximate surface area is 117 Å². The number of hydrogen-bond donors (Lipinski definition) is 2. The van der Waals surface area contributed by atoms with Crippen molar-refractivity contribution in [2.75, 3.05) is 5.75 Å². The van der Waals surface area contributed by atoms with Crippen molar-refractivity contribution in [1.82, 2.24) is 5.32 Å². The molecule has 1 unspecified atom stereocenters. The van der Waals surface area contributed by atoms with E-state index in [0.717, 1.165) is 4.90 Å². The van der Waals surface area contributed by atoms with E-state index < -0.39 is 17.4 Å². The van der Waals surface area contributed by atoms with Gasteiger partial charge in [0.1, 0.15) is 6.04 Å². The van der Waals surface area contributed by atoms with E-state index in [-0.39, 0.29) is 5.91 Å². The molecule has 1 aromatic carbocycles. The summed E-state index contributed by atoms with van der Waals surface area (Å²) in [6.45, 7) is 5.08. The Morgan fingerprint density at radius 3 is 2.42 bits per heavy atom. The van der Waals surface area contributed by atoms with E-state index in [9.17, 15) is 9.59 Å². The van der Waals surface area contributed by atoms with Crippen LogP contribution >= 0.6 is 11.8 Å². The van der Waals surface area contributed by atoms with Gasteiger partial charge in [0.15, 0.2) is 0 Å². The summed E-state index contributed by atoms with van der Waals surface area (Å²) in [4.78, 5) is 23.8. The summed E-state index contributed by atoms with van der Waals surface area (Å²) in [5, 5.41) is 11.3. The van der Waals surface area contributed by atoms with Crippen molar-refractivity contribution in [3.8, 4) is 0 Å². The molecule has 1 rings (SSSR count). The van der Waals surface area contributed by atoms with Gasteiger partial charge >= 0.3 is 5.97 Å². The first-order valence-corrected chi connectivity index (χ1v) is 7.03. The maximum Gasteiger partial charge on any atom is 0.325 e. The van der Waals surface area contributed by atoms with Crippen molar-refractivity contribution in [3.63, 3.8) is 0 Å². The molecular formula is C14H19NO3S. The van der Waals surface area contributed by atoms with Gasteiger partial charge in [0.05, 0.1) is 5.41 Å². The monoisotopic (exact) mass is 281 g/mol. The van der Waals surface area contributed by atoms with Crippen LogP contribution in [0.25, 0.3) is 0 Å². The Bertz CT molecular complexity index is 445. The number of thioether (sulfide) groups is 1. The average Bonchev–Trinajstić information content (AvgIpc) is 2.37. The predicted molar refractivity (Wildman–Crippen MR) is 76.2 cm³/mol. The molecule has 1 aromatic rings. The van der Waals surface area contributed by atoms with Gasteiger partial charge in [-0.25, -0.2) is 0 Å². The summed E-state index contributed by atoms with van der Waals surface area (Å²) in [5.74, 6) is -0.680. The minimum absolute atomic E-state index is 0.245. The molecule has 0 saturated heterocycles. The van der Waals surface area contributed by atoms with Gasteiger partial charge in [-0.2, -0.15) is 0 Å². The third-order valence-corrected chi connectivity index (χ3v) is 4.15. The van der Waals surface area contributed by atoms with E-state index in [0.29, 0.717) is 5.75 Å². The first-order chi connectivity index (χ1) is 8.83. The maximum atomic E-state index is 12.0. The molecule has 0 heterocycles. The Balaban J connectivity index is 2.55. The molecule has 0 bridgehead atoms. The second-order valence-corrected chi connectivity index (χ2v) is 6.07. The lowest BCUT2D eigenvalue weighted by Gasteiger charge is -2.24. The van der Waals surface area contributed by atoms with Gasteiger partial charge in [0, 0.05) is 10.6 Å². The number of rotatable bonds is 6. The van der Waals surface area contributed by atoms with Crippen molar-refractivity contribution >= 4 is 23.6 Å². The smallest absolute Gasteiger partial charge is 0.325 e. The van der Waals surface area contributed by atoms with Crippen LogP contribution in [0, 0.1) is 5.41 Å². The molecule has 19 heavy (non-hydrogen) atoms. The molecule has 0 aromatic heterocycles. The van der Waals surface area contributed by atoms with Crippen molar-refractivity contribution in [2.24, 2.45) is 5.41 Å². The zero-order chi connectivity index (χ0) is 14.5. The van der Waals surface area contributed by atoms with E-state index >= 15 is 0 Å². The largest absolute Gasteiger partial charge is 0.480 e. The molecule has 0 saturated carbocycles. The topological polar surface area (TPSA) is 66.4 Å². The third-order valence-electron chi connectivity index (χ3n) is 2.68. The van der Waals surface area contributed by atoms with Crippen molar-refractivity contribution < 1.29 is 14.7 Å². The Morgan fingerprint density at radius 2 is 1.89 bits per heavy atom. The molecule has 5 heteroatoms. The maximum absolute atomic E-state index is 12.0. The normalized spacial score (nSPS) is 12.8. The van der Waals surface area contributed by atoms with Gasteiger partial charge in [-0.05, 0) is 19.1 Å². The number of hydrogen-bond acceptors (Lipinski definition) is 3. The van der Waals surface area contributed by atoms with Crippen LogP contribution < -0.4 is 5.32 Å². The number of carboxylic acid groups (broad SMARTS) is 1. The highest BCUT2D eigenvalue weighted by molar-refractivity contribution is 7.99. The van der Waals surface area contributed by atoms with Gasteiger partial charge in [-0.15, -0.1) is 11.8 Å². The van der Waals surface area contributed by atoms with E-state index in [4.69, 9.17) is 5.11 Å². The lowest BCUT2D eigenvalue weighted by Crippen LogP contribution is -2.46. The molecule has 0 aliphatic heterocycles. The van der Waals surface area contributed by atoms with E-state index in [1.165, 1.54) is 6.92 Å². The molecule has 104 valence electrons. The molecule has 0 radical (unpaired) electrons. The number of benzene rings is 1. The minimum Gasteiger partial charge on any atom is -0.480 e. The Kier molecular flexibility index (Phi) is 5.42. The number of carboxylic acids is 1. The summed E-state index contributed by atoms with van der Waals surface area (Å²) in [6.07, 6.45) is 0. The summed E-state index contributed by atoms with van der Waals surface area (Å²) < 4.78 is 0. The van der Waals surface area contributed by atoms with Crippen LogP contribution in [-0.2, 0) is 9.59 Å². The van der Waals surface area contributed by atoms with E-state index in [2.05, 4.69) is 5.32 Å². The quantitative estimate of drug-likeness (QED) is 0.786. The van der Waals surface area contributed by atoms with Crippen LogP contribution in [0.5, 0.6) is 0 Å². The predicted octanol–water partition coefficient (Wildman–Crippen LogP) is 2.39. The van der Waals surface area contributed by atoms with Crippen LogP contribution in [0.4, 0.5) is 0 Å². The average molecular weight is 281 g/mol. The number of nitrogens with one attached hydrogen (secondary N) is 1. The number of carbonyl (C=O) groups is 2. The zero-order valence-corrected chi connectivity index (χ0v) is 12.2. The van der Waals surface area contributed by atoms with Crippen molar-refractivity contribution in [3.05, 3.63) is 30.3 Å². The fourth-order valence-electron chi connectivity index (χ4n) is 1.30. The van der Waals surface area contributed by atoms with Crippen LogP contribution in [0.15, 0.2) is 35.2 Å². The van der Waals surface area contributed by atoms with Gasteiger partial charge in [-0.1, -0.05) is 32.0 Å². The van der Waals surface area contributed by atoms with Crippen LogP contribution in [-0.4, -0.2) is 28.8 Å². The van der Waals surface area contributed by atoms with Gasteiger partial charge in [-0.3, -0.25) is 9.59 Å². The van der Waals surface area contributed by atoms with Gasteiger partial charge in [0.2, 0.25) is 5.91 Å². The van der Waals surface area contributed by atoms with E-state index in [1.807, 2.05) is 44.2 Å². The SMILES string of the molecule is CC(NC(=O)C(C)(C)CSc1ccccc1)C(=O)O. The molecule has 0 aliphatic carbocycles.